The Bertz CT molecular complexity index is 1720. The van der Waals surface area contributed by atoms with Crippen molar-refractivity contribution in [2.45, 2.75) is 149 Å². The number of amides is 6. The van der Waals surface area contributed by atoms with Gasteiger partial charge in [0.25, 0.3) is 0 Å². The number of likely N-dealkylation sites (N-methyl/N-ethyl adjacent to an activating group) is 2. The Morgan fingerprint density at radius 1 is 0.864 bits per heavy atom. The van der Waals surface area contributed by atoms with E-state index in [4.69, 9.17) is 18.9 Å². The smallest absolute Gasteiger partial charge is 0.408 e. The lowest BCUT2D eigenvalue weighted by Gasteiger charge is -2.39. The first-order valence-corrected chi connectivity index (χ1v) is 23.3. The van der Waals surface area contributed by atoms with Crippen LogP contribution in [0.4, 0.5) is 4.79 Å². The normalized spacial score (nSPS) is 17.6. The third-order valence-corrected chi connectivity index (χ3v) is 12.0. The third-order valence-electron chi connectivity index (χ3n) is 12.0. The van der Waals surface area contributed by atoms with Gasteiger partial charge in [0.15, 0.2) is 0 Å². The molecule has 18 nitrogen and oxygen atoms in total. The molecule has 9 atom stereocenters. The lowest BCUT2D eigenvalue weighted by molar-refractivity contribution is -0.146. The molecular formula is C48H81N7O11. The van der Waals surface area contributed by atoms with Crippen LogP contribution in [-0.2, 0) is 54.1 Å². The quantitative estimate of drug-likeness (QED) is 0.0779. The molecule has 0 spiro atoms. The van der Waals surface area contributed by atoms with Crippen molar-refractivity contribution >= 4 is 41.6 Å². The molecule has 1 aliphatic rings. The molecule has 374 valence electrons. The Balaban J connectivity index is 2.14. The number of alkyl carbamates (subject to hydrolysis) is 1. The van der Waals surface area contributed by atoms with Gasteiger partial charge >= 0.3 is 12.1 Å². The molecule has 4 N–H and O–H groups in total. The molecule has 0 aliphatic carbocycles. The van der Waals surface area contributed by atoms with Gasteiger partial charge in [0.1, 0.15) is 17.7 Å². The van der Waals surface area contributed by atoms with Crippen molar-refractivity contribution in [3.8, 4) is 0 Å². The molecule has 0 bridgehead atoms. The van der Waals surface area contributed by atoms with E-state index in [1.54, 1.807) is 44.5 Å². The summed E-state index contributed by atoms with van der Waals surface area (Å²) in [5.41, 5.74) is 0.0980. The van der Waals surface area contributed by atoms with Crippen LogP contribution in [0.2, 0.25) is 0 Å². The van der Waals surface area contributed by atoms with Gasteiger partial charge in [0.2, 0.25) is 29.5 Å². The Labute approximate surface area is 393 Å². The van der Waals surface area contributed by atoms with Crippen molar-refractivity contribution in [1.82, 2.24) is 36.0 Å². The van der Waals surface area contributed by atoms with Crippen molar-refractivity contribution in [3.05, 3.63) is 35.9 Å². The van der Waals surface area contributed by atoms with Gasteiger partial charge in [-0.25, -0.2) is 9.59 Å². The van der Waals surface area contributed by atoms with E-state index in [0.29, 0.717) is 25.8 Å². The van der Waals surface area contributed by atoms with E-state index in [1.165, 1.54) is 21.1 Å². The van der Waals surface area contributed by atoms with Crippen LogP contribution in [0.15, 0.2) is 30.3 Å². The number of nitrogens with one attached hydrogen (secondary N) is 4. The van der Waals surface area contributed by atoms with Gasteiger partial charge in [-0.05, 0) is 78.5 Å². The molecule has 9 unspecified atom stereocenters. The zero-order valence-corrected chi connectivity index (χ0v) is 42.1. The maximum atomic E-state index is 14.3. The minimum Gasteiger partial charge on any atom is -0.464 e. The summed E-state index contributed by atoms with van der Waals surface area (Å²) in [4.78, 5) is 98.2. The molecule has 66 heavy (non-hydrogen) atoms. The van der Waals surface area contributed by atoms with E-state index < -0.39 is 77.8 Å². The van der Waals surface area contributed by atoms with Crippen molar-refractivity contribution in [1.29, 1.82) is 0 Å². The highest BCUT2D eigenvalue weighted by Crippen LogP contribution is 2.29. The van der Waals surface area contributed by atoms with Crippen LogP contribution in [0.25, 0.3) is 0 Å². The number of methoxy groups -OCH3 is 2. The third kappa shape index (κ3) is 18.1. The first-order valence-electron chi connectivity index (χ1n) is 23.3. The molecule has 0 radical (unpaired) electrons. The Kier molecular flexibility index (Phi) is 24.1. The molecule has 1 aliphatic heterocycles. The average molecular weight is 932 g/mol. The fourth-order valence-corrected chi connectivity index (χ4v) is 8.46. The van der Waals surface area contributed by atoms with Crippen molar-refractivity contribution in [2.75, 3.05) is 61.6 Å². The van der Waals surface area contributed by atoms with Crippen LogP contribution in [0, 0.1) is 17.8 Å². The monoisotopic (exact) mass is 932 g/mol. The lowest BCUT2D eigenvalue weighted by Crippen LogP contribution is -2.55. The molecule has 2 rings (SSSR count). The number of likely N-dealkylation sites (tertiary alicyclic amines) is 1. The highest BCUT2D eigenvalue weighted by Gasteiger charge is 2.42. The van der Waals surface area contributed by atoms with Crippen LogP contribution in [-0.4, -0.2) is 166 Å². The molecule has 1 saturated heterocycles. The van der Waals surface area contributed by atoms with Gasteiger partial charge in [-0.15, -0.1) is 0 Å². The lowest BCUT2D eigenvalue weighted by atomic mass is 9.90. The summed E-state index contributed by atoms with van der Waals surface area (Å²) in [7, 11) is 8.35. The first kappa shape index (κ1) is 57.3. The van der Waals surface area contributed by atoms with E-state index >= 15 is 0 Å². The highest BCUT2D eigenvalue weighted by atomic mass is 16.6. The maximum Gasteiger partial charge on any atom is 0.408 e. The van der Waals surface area contributed by atoms with Gasteiger partial charge < -0.3 is 50.0 Å². The van der Waals surface area contributed by atoms with E-state index in [-0.39, 0.29) is 68.5 Å². The first-order chi connectivity index (χ1) is 31.0. The van der Waals surface area contributed by atoms with Crippen molar-refractivity contribution < 1.29 is 52.5 Å². The van der Waals surface area contributed by atoms with Gasteiger partial charge in [-0.1, -0.05) is 71.4 Å². The minimum absolute atomic E-state index is 0.0214. The van der Waals surface area contributed by atoms with Crippen LogP contribution in [0.1, 0.15) is 100.0 Å². The molecule has 1 fully saturated rings. The fraction of sp³-hybridized carbons (Fsp3) is 0.729. The number of hydrogen-bond donors (Lipinski definition) is 4. The number of ether oxygens (including phenoxy) is 4. The number of carbonyl (C=O) groups is 7. The van der Waals surface area contributed by atoms with E-state index in [9.17, 15) is 33.6 Å². The van der Waals surface area contributed by atoms with Gasteiger partial charge in [0.05, 0.1) is 55.8 Å². The molecule has 1 aromatic rings. The summed E-state index contributed by atoms with van der Waals surface area (Å²) in [6, 6.07) is 6.04. The number of nitrogens with zero attached hydrogens (tertiary/aromatic N) is 3. The Hall–Kier alpha value is -4.81. The number of esters is 1. The van der Waals surface area contributed by atoms with Crippen LogP contribution in [0.3, 0.4) is 0 Å². The summed E-state index contributed by atoms with van der Waals surface area (Å²) in [6.07, 6.45) is 0.309. The topological polar surface area (TPSA) is 214 Å². The minimum atomic E-state index is -0.959. The zero-order valence-electron chi connectivity index (χ0n) is 42.1. The molecular weight excluding hydrogens is 851 g/mol. The van der Waals surface area contributed by atoms with Gasteiger partial charge in [0, 0.05) is 40.8 Å². The second-order valence-electron chi connectivity index (χ2n) is 18.9. The summed E-state index contributed by atoms with van der Waals surface area (Å²) < 4.78 is 22.4. The molecule has 1 aromatic carbocycles. The fourth-order valence-electron chi connectivity index (χ4n) is 8.46. The predicted molar refractivity (Wildman–Crippen MR) is 251 cm³/mol. The molecule has 6 amide bonds. The average Bonchev–Trinajstić information content (AvgIpc) is 3.73. The summed E-state index contributed by atoms with van der Waals surface area (Å²) >= 11 is 0. The Morgan fingerprint density at radius 3 is 2.08 bits per heavy atom. The second kappa shape index (κ2) is 27.7. The summed E-state index contributed by atoms with van der Waals surface area (Å²) in [6.45, 7) is 16.6. The molecule has 1 heterocycles. The van der Waals surface area contributed by atoms with Crippen molar-refractivity contribution in [3.63, 3.8) is 0 Å². The van der Waals surface area contributed by atoms with Gasteiger partial charge in [-0.2, -0.15) is 0 Å². The zero-order chi connectivity index (χ0) is 49.9. The van der Waals surface area contributed by atoms with Crippen LogP contribution < -0.4 is 21.3 Å². The number of rotatable bonds is 26. The second-order valence-corrected chi connectivity index (χ2v) is 18.9. The summed E-state index contributed by atoms with van der Waals surface area (Å²) in [5.74, 6) is -3.05. The predicted octanol–water partition coefficient (Wildman–Crippen LogP) is 3.30. The Morgan fingerprint density at radius 2 is 1.52 bits per heavy atom. The summed E-state index contributed by atoms with van der Waals surface area (Å²) in [5, 5.41) is 11.0. The standard InChI is InChI=1S/C48H81N7O11/c1-15-31(4)41(54(12)39(57)29-50-45(60)40(30(2)3)53(10)11)37(63-13)28-38(56)55-25-19-23-36(55)42(64-14)32(5)43(58)52-35(27-34-21-17-16-18-22-34)44(59)49-24-20-26-65-46(61)33(6)51-47(62)66-48(7,8)9/h16-18,21-22,30-33,35-37,40-42H,15,19-20,23-29H2,1-14H3,(H,49,59)(H,50,60)(H,51,62)(H,52,58). The number of carbonyl (C=O) groups excluding carboxylic acids is 7. The largest absolute Gasteiger partial charge is 0.464 e. The van der Waals surface area contributed by atoms with E-state index in [2.05, 4.69) is 21.3 Å². The highest BCUT2D eigenvalue weighted by molar-refractivity contribution is 5.89. The maximum absolute atomic E-state index is 14.3. The van der Waals surface area contributed by atoms with E-state index in [0.717, 1.165) is 5.56 Å². The molecule has 0 saturated carbocycles. The van der Waals surface area contributed by atoms with Crippen LogP contribution in [0.5, 0.6) is 0 Å². The number of hydrogen-bond acceptors (Lipinski definition) is 12. The molecule has 18 heteroatoms. The number of benzene rings is 1. The van der Waals surface area contributed by atoms with Crippen molar-refractivity contribution in [2.24, 2.45) is 17.8 Å². The molecule has 0 aromatic heterocycles. The van der Waals surface area contributed by atoms with Gasteiger partial charge in [-0.3, -0.25) is 28.9 Å². The van der Waals surface area contributed by atoms with E-state index in [1.807, 2.05) is 77.0 Å². The van der Waals surface area contributed by atoms with Crippen LogP contribution >= 0.6 is 0 Å². The SMILES string of the molecule is CCC(C)C(C(CC(=O)N1CCCC1C(OC)C(C)C(=O)NC(Cc1ccccc1)C(=O)NCCCOC(=O)C(C)NC(=O)OC(C)(C)C)OC)N(C)C(=O)CNC(=O)C(C(C)C)N(C)C.